The maximum atomic E-state index is 12.2. The number of aliphatic imine (C=N–C) groups is 1. The van der Waals surface area contributed by atoms with E-state index in [9.17, 15) is 14.4 Å². The summed E-state index contributed by atoms with van der Waals surface area (Å²) in [6.07, 6.45) is 0.241. The van der Waals surface area contributed by atoms with Crippen LogP contribution in [0.25, 0.3) is 0 Å². The number of benzene rings is 1. The van der Waals surface area contributed by atoms with Gasteiger partial charge in [-0.15, -0.1) is 0 Å². The van der Waals surface area contributed by atoms with Crippen LogP contribution in [0.4, 0.5) is 0 Å². The summed E-state index contributed by atoms with van der Waals surface area (Å²) in [6.45, 7) is 0. The number of allylic oxidation sites excluding steroid dienone is 1. The van der Waals surface area contributed by atoms with Crippen molar-refractivity contribution in [2.45, 2.75) is 19.3 Å². The Balaban J connectivity index is 2.31. The number of nitrogens with zero attached hydrogens (tertiary/aromatic N) is 1. The maximum absolute atomic E-state index is 12.2. The molecule has 114 valence electrons. The topological polar surface area (TPSA) is 128 Å². The minimum absolute atomic E-state index is 0.00588. The minimum Gasteiger partial charge on any atom is -0.370 e. The van der Waals surface area contributed by atoms with Gasteiger partial charge < -0.3 is 16.8 Å². The minimum atomic E-state index is -0.433. The molecule has 7 heteroatoms. The highest BCUT2D eigenvalue weighted by Gasteiger charge is 2.25. The maximum Gasteiger partial charge on any atom is 0.256 e. The van der Waals surface area contributed by atoms with Crippen LogP contribution in [-0.2, 0) is 9.59 Å². The quantitative estimate of drug-likeness (QED) is 0.318. The van der Waals surface area contributed by atoms with E-state index >= 15 is 0 Å². The van der Waals surface area contributed by atoms with Gasteiger partial charge in [-0.1, -0.05) is 18.2 Å². The number of rotatable bonds is 3. The Morgan fingerprint density at radius 3 is 2.36 bits per heavy atom. The van der Waals surface area contributed by atoms with Crippen molar-refractivity contribution in [1.29, 1.82) is 0 Å². The molecule has 1 amide bonds. The molecule has 0 atom stereocenters. The second kappa shape index (κ2) is 6.66. The molecule has 0 aliphatic heterocycles. The van der Waals surface area contributed by atoms with Crippen LogP contribution in [0.5, 0.6) is 0 Å². The van der Waals surface area contributed by atoms with E-state index in [4.69, 9.17) is 11.5 Å². The van der Waals surface area contributed by atoms with Crippen LogP contribution >= 0.6 is 0 Å². The molecular formula is C15H16N4O3. The zero-order valence-corrected chi connectivity index (χ0v) is 11.8. The molecule has 7 nitrogen and oxygen atoms in total. The molecule has 5 N–H and O–H groups in total. The summed E-state index contributed by atoms with van der Waals surface area (Å²) in [5, 5.41) is 2.54. The normalized spacial score (nSPS) is 16.9. The van der Waals surface area contributed by atoms with Crippen LogP contribution in [0.1, 0.15) is 29.6 Å². The summed E-state index contributed by atoms with van der Waals surface area (Å²) in [7, 11) is 0. The molecule has 1 saturated carbocycles. The smallest absolute Gasteiger partial charge is 0.256 e. The Bertz CT molecular complexity index is 673. The van der Waals surface area contributed by atoms with E-state index in [0.717, 1.165) is 0 Å². The van der Waals surface area contributed by atoms with Crippen LogP contribution in [0.3, 0.4) is 0 Å². The number of carbonyl (C=O) groups is 3. The molecule has 1 aromatic carbocycles. The number of ketones is 2. The Morgan fingerprint density at radius 2 is 1.77 bits per heavy atom. The van der Waals surface area contributed by atoms with E-state index in [1.165, 1.54) is 0 Å². The number of hydrogen-bond donors (Lipinski definition) is 3. The van der Waals surface area contributed by atoms with E-state index in [1.54, 1.807) is 30.3 Å². The van der Waals surface area contributed by atoms with Gasteiger partial charge in [-0.05, 0) is 18.6 Å². The number of Topliss-reactive ketones (excluding diaryl/α,β-unsaturated/α-hetero) is 2. The third kappa shape index (κ3) is 3.78. The van der Waals surface area contributed by atoms with E-state index in [2.05, 4.69) is 10.3 Å². The van der Waals surface area contributed by atoms with E-state index in [0.29, 0.717) is 5.56 Å². The molecule has 0 aromatic heterocycles. The number of nitrogens with one attached hydrogen (secondary N) is 1. The predicted octanol–water partition coefficient (Wildman–Crippen LogP) is 0.224. The number of nitrogens with two attached hydrogens (primary N) is 2. The van der Waals surface area contributed by atoms with Crippen molar-refractivity contribution >= 4 is 23.4 Å². The lowest BCUT2D eigenvalue weighted by Gasteiger charge is -2.16. The molecule has 2 rings (SSSR count). The van der Waals surface area contributed by atoms with Crippen LogP contribution in [0, 0.1) is 0 Å². The summed E-state index contributed by atoms with van der Waals surface area (Å²) >= 11 is 0. The molecule has 0 unspecified atom stereocenters. The molecule has 1 aromatic rings. The van der Waals surface area contributed by atoms with Gasteiger partial charge in [-0.25, -0.2) is 0 Å². The standard InChI is InChI=1S/C15H16N4O3/c16-15(17)19-13(11-7-6-10(20)8-12(11)21)18-14(22)9-4-2-1-3-5-9/h1-5H,6-8H2,(H,18,22)(H4,16,17,19)/b13-11-. The van der Waals surface area contributed by atoms with Gasteiger partial charge in [0.2, 0.25) is 0 Å². The predicted molar refractivity (Wildman–Crippen MR) is 80.6 cm³/mol. The first-order chi connectivity index (χ1) is 10.5. The van der Waals surface area contributed by atoms with Crippen molar-refractivity contribution in [1.82, 2.24) is 5.32 Å². The van der Waals surface area contributed by atoms with E-state index < -0.39 is 5.91 Å². The third-order valence-electron chi connectivity index (χ3n) is 3.14. The molecule has 1 aliphatic rings. The number of amides is 1. The van der Waals surface area contributed by atoms with Gasteiger partial charge in [0.25, 0.3) is 5.91 Å². The fraction of sp³-hybridized carbons (Fsp3) is 0.200. The first-order valence-corrected chi connectivity index (χ1v) is 6.71. The molecule has 1 fully saturated rings. The third-order valence-corrected chi connectivity index (χ3v) is 3.14. The van der Waals surface area contributed by atoms with Gasteiger partial charge in [0.05, 0.1) is 6.42 Å². The zero-order valence-electron chi connectivity index (χ0n) is 11.8. The number of carbonyl (C=O) groups excluding carboxylic acids is 3. The largest absolute Gasteiger partial charge is 0.370 e. The van der Waals surface area contributed by atoms with Crippen molar-refractivity contribution < 1.29 is 14.4 Å². The fourth-order valence-corrected chi connectivity index (χ4v) is 2.10. The van der Waals surface area contributed by atoms with Gasteiger partial charge in [0.1, 0.15) is 11.6 Å². The Morgan fingerprint density at radius 1 is 1.09 bits per heavy atom. The van der Waals surface area contributed by atoms with E-state index in [1.807, 2.05) is 0 Å². The average molecular weight is 300 g/mol. The van der Waals surface area contributed by atoms with Gasteiger partial charge in [-0.3, -0.25) is 14.4 Å². The first kappa shape index (κ1) is 15.4. The van der Waals surface area contributed by atoms with Gasteiger partial charge in [0, 0.05) is 17.6 Å². The van der Waals surface area contributed by atoms with E-state index in [-0.39, 0.29) is 48.2 Å². The molecule has 0 saturated heterocycles. The SMILES string of the molecule is NC(N)=N/C(NC(=O)c1ccccc1)=C1/CCC(=O)CC1=O. The Labute approximate surface area is 127 Å². The average Bonchev–Trinajstić information content (AvgIpc) is 2.47. The lowest BCUT2D eigenvalue weighted by Crippen LogP contribution is -2.31. The highest BCUT2D eigenvalue weighted by molar-refractivity contribution is 6.11. The lowest BCUT2D eigenvalue weighted by atomic mass is 9.92. The molecule has 22 heavy (non-hydrogen) atoms. The molecule has 0 bridgehead atoms. The number of guanidine groups is 1. The lowest BCUT2D eigenvalue weighted by molar-refractivity contribution is -0.126. The molecule has 0 heterocycles. The second-order valence-corrected chi connectivity index (χ2v) is 4.82. The summed E-state index contributed by atoms with van der Waals surface area (Å²) < 4.78 is 0. The van der Waals surface area contributed by atoms with Crippen molar-refractivity contribution in [3.05, 3.63) is 47.3 Å². The Kier molecular flexibility index (Phi) is 4.67. The summed E-state index contributed by atoms with van der Waals surface area (Å²) in [5.74, 6) is -1.21. The molecule has 0 radical (unpaired) electrons. The van der Waals surface area contributed by atoms with Gasteiger partial charge in [-0.2, -0.15) is 4.99 Å². The van der Waals surface area contributed by atoms with Crippen LogP contribution < -0.4 is 16.8 Å². The van der Waals surface area contributed by atoms with Crippen molar-refractivity contribution in [2.75, 3.05) is 0 Å². The number of hydrogen-bond acceptors (Lipinski definition) is 4. The van der Waals surface area contributed by atoms with Crippen molar-refractivity contribution in [3.63, 3.8) is 0 Å². The first-order valence-electron chi connectivity index (χ1n) is 6.71. The molecule has 0 spiro atoms. The summed E-state index contributed by atoms with van der Waals surface area (Å²) in [6, 6.07) is 8.46. The van der Waals surface area contributed by atoms with Crippen molar-refractivity contribution in [2.24, 2.45) is 16.5 Å². The molecule has 1 aliphatic carbocycles. The highest BCUT2D eigenvalue weighted by Crippen LogP contribution is 2.21. The van der Waals surface area contributed by atoms with Crippen LogP contribution in [0.15, 0.2) is 46.7 Å². The van der Waals surface area contributed by atoms with Crippen LogP contribution in [-0.4, -0.2) is 23.4 Å². The van der Waals surface area contributed by atoms with Crippen LogP contribution in [0.2, 0.25) is 0 Å². The zero-order chi connectivity index (χ0) is 16.1. The van der Waals surface area contributed by atoms with Gasteiger partial charge in [0.15, 0.2) is 11.7 Å². The fourth-order valence-electron chi connectivity index (χ4n) is 2.10. The molecular weight excluding hydrogens is 284 g/mol. The Hall–Kier alpha value is -2.96. The van der Waals surface area contributed by atoms with Gasteiger partial charge >= 0.3 is 0 Å². The summed E-state index contributed by atoms with van der Waals surface area (Å²) in [5.41, 5.74) is 11.4. The second-order valence-electron chi connectivity index (χ2n) is 4.82. The summed E-state index contributed by atoms with van der Waals surface area (Å²) in [4.78, 5) is 39.3. The van der Waals surface area contributed by atoms with Crippen molar-refractivity contribution in [3.8, 4) is 0 Å². The monoisotopic (exact) mass is 300 g/mol. The highest BCUT2D eigenvalue weighted by atomic mass is 16.2.